The smallest absolute Gasteiger partial charge is 0.244 e. The van der Waals surface area contributed by atoms with E-state index in [0.717, 1.165) is 26.2 Å². The molecule has 1 aromatic heterocycles. The van der Waals surface area contributed by atoms with Crippen LogP contribution in [0, 0.1) is 0 Å². The monoisotopic (exact) mass is 278 g/mol. The lowest BCUT2D eigenvalue weighted by Gasteiger charge is -2.39. The number of rotatable bonds is 4. The Balaban J connectivity index is 2.10. The number of methoxy groups -OCH3 is 1. The van der Waals surface area contributed by atoms with Crippen LogP contribution in [0.2, 0.25) is 0 Å². The van der Waals surface area contributed by atoms with Gasteiger partial charge in [-0.3, -0.25) is 9.69 Å². The second-order valence-corrected chi connectivity index (χ2v) is 5.31. The minimum Gasteiger partial charge on any atom is -0.480 e. The maximum atomic E-state index is 12.5. The molecule has 0 unspecified atom stereocenters. The van der Waals surface area contributed by atoms with Crippen LogP contribution >= 0.6 is 0 Å². The molecule has 0 saturated carbocycles. The van der Waals surface area contributed by atoms with Crippen molar-refractivity contribution in [2.24, 2.45) is 0 Å². The van der Waals surface area contributed by atoms with E-state index in [-0.39, 0.29) is 5.91 Å². The standard InChI is InChI=1S/C14H22N4O2/c1-14(2,18-9-7-15-8-10-18)13(19)17-11-5-4-6-16-12(11)20-3/h4-6,15H,7-10H2,1-3H3,(H,17,19). The molecule has 0 spiro atoms. The first-order valence-electron chi connectivity index (χ1n) is 6.82. The van der Waals surface area contributed by atoms with Gasteiger partial charge in [-0.05, 0) is 26.0 Å². The lowest BCUT2D eigenvalue weighted by molar-refractivity contribution is -0.126. The molecule has 0 aliphatic carbocycles. The lowest BCUT2D eigenvalue weighted by atomic mass is 10.0. The molecule has 2 rings (SSSR count). The summed E-state index contributed by atoms with van der Waals surface area (Å²) >= 11 is 0. The van der Waals surface area contributed by atoms with Crippen molar-refractivity contribution in [3.05, 3.63) is 18.3 Å². The molecule has 1 aliphatic heterocycles. The van der Waals surface area contributed by atoms with Crippen molar-refractivity contribution in [2.45, 2.75) is 19.4 Å². The molecule has 110 valence electrons. The molecule has 6 heteroatoms. The van der Waals surface area contributed by atoms with Crippen LogP contribution in [0.25, 0.3) is 0 Å². The van der Waals surface area contributed by atoms with Gasteiger partial charge >= 0.3 is 0 Å². The second kappa shape index (κ2) is 6.19. The highest BCUT2D eigenvalue weighted by atomic mass is 16.5. The van der Waals surface area contributed by atoms with E-state index in [1.807, 2.05) is 13.8 Å². The van der Waals surface area contributed by atoms with Crippen molar-refractivity contribution < 1.29 is 9.53 Å². The van der Waals surface area contributed by atoms with E-state index in [1.54, 1.807) is 25.4 Å². The fourth-order valence-electron chi connectivity index (χ4n) is 2.29. The quantitative estimate of drug-likeness (QED) is 0.849. The molecule has 6 nitrogen and oxygen atoms in total. The van der Waals surface area contributed by atoms with Gasteiger partial charge in [-0.25, -0.2) is 4.98 Å². The molecular formula is C14H22N4O2. The number of carbonyl (C=O) groups excluding carboxylic acids is 1. The van der Waals surface area contributed by atoms with Crippen molar-refractivity contribution in [3.8, 4) is 5.88 Å². The van der Waals surface area contributed by atoms with Gasteiger partial charge in [-0.15, -0.1) is 0 Å². The molecule has 0 bridgehead atoms. The van der Waals surface area contributed by atoms with Crippen molar-refractivity contribution >= 4 is 11.6 Å². The van der Waals surface area contributed by atoms with Crippen LogP contribution in [0.4, 0.5) is 5.69 Å². The Bertz CT molecular complexity index is 470. The minimum atomic E-state index is -0.567. The zero-order valence-electron chi connectivity index (χ0n) is 12.3. The average molecular weight is 278 g/mol. The number of anilines is 1. The summed E-state index contributed by atoms with van der Waals surface area (Å²) in [5.74, 6) is 0.377. The average Bonchev–Trinajstić information content (AvgIpc) is 2.48. The Morgan fingerprint density at radius 3 is 2.80 bits per heavy atom. The first kappa shape index (κ1) is 14.7. The Labute approximate surface area is 119 Å². The van der Waals surface area contributed by atoms with E-state index in [9.17, 15) is 4.79 Å². The number of hydrogen-bond donors (Lipinski definition) is 2. The van der Waals surface area contributed by atoms with E-state index >= 15 is 0 Å². The summed E-state index contributed by atoms with van der Waals surface area (Å²) in [5, 5.41) is 6.20. The third-order valence-electron chi connectivity index (χ3n) is 3.68. The number of aromatic nitrogens is 1. The van der Waals surface area contributed by atoms with Gasteiger partial charge in [0, 0.05) is 32.4 Å². The van der Waals surface area contributed by atoms with Gasteiger partial charge < -0.3 is 15.4 Å². The second-order valence-electron chi connectivity index (χ2n) is 5.31. The van der Waals surface area contributed by atoms with E-state index in [4.69, 9.17) is 4.74 Å². The third kappa shape index (κ3) is 3.08. The van der Waals surface area contributed by atoms with E-state index in [2.05, 4.69) is 20.5 Å². The number of amides is 1. The van der Waals surface area contributed by atoms with E-state index in [1.165, 1.54) is 0 Å². The van der Waals surface area contributed by atoms with Crippen LogP contribution in [0.1, 0.15) is 13.8 Å². The number of hydrogen-bond acceptors (Lipinski definition) is 5. The number of nitrogens with zero attached hydrogens (tertiary/aromatic N) is 2. The van der Waals surface area contributed by atoms with Crippen molar-refractivity contribution in [1.82, 2.24) is 15.2 Å². The number of piperazine rings is 1. The molecule has 20 heavy (non-hydrogen) atoms. The van der Waals surface area contributed by atoms with Gasteiger partial charge in [-0.2, -0.15) is 0 Å². The fraction of sp³-hybridized carbons (Fsp3) is 0.571. The zero-order valence-corrected chi connectivity index (χ0v) is 12.3. The summed E-state index contributed by atoms with van der Waals surface area (Å²) in [7, 11) is 1.54. The molecule has 2 heterocycles. The third-order valence-corrected chi connectivity index (χ3v) is 3.68. The van der Waals surface area contributed by atoms with Crippen LogP contribution < -0.4 is 15.4 Å². The van der Waals surface area contributed by atoms with E-state index < -0.39 is 5.54 Å². The van der Waals surface area contributed by atoms with Crippen molar-refractivity contribution in [3.63, 3.8) is 0 Å². The molecule has 1 aliphatic rings. The summed E-state index contributed by atoms with van der Waals surface area (Å²) < 4.78 is 5.15. The number of nitrogens with one attached hydrogen (secondary N) is 2. The number of carbonyl (C=O) groups is 1. The molecule has 0 radical (unpaired) electrons. The SMILES string of the molecule is COc1ncccc1NC(=O)C(C)(C)N1CCNCC1. The van der Waals surface area contributed by atoms with Gasteiger partial charge in [0.2, 0.25) is 11.8 Å². The maximum absolute atomic E-state index is 12.5. The Morgan fingerprint density at radius 2 is 2.15 bits per heavy atom. The first-order valence-corrected chi connectivity index (χ1v) is 6.82. The lowest BCUT2D eigenvalue weighted by Crippen LogP contribution is -2.58. The van der Waals surface area contributed by atoms with Gasteiger partial charge in [0.05, 0.1) is 12.6 Å². The summed E-state index contributed by atoms with van der Waals surface area (Å²) in [6.07, 6.45) is 1.63. The first-order chi connectivity index (χ1) is 9.55. The largest absolute Gasteiger partial charge is 0.480 e. The Kier molecular flexibility index (Phi) is 4.57. The fourth-order valence-corrected chi connectivity index (χ4v) is 2.29. The van der Waals surface area contributed by atoms with Gasteiger partial charge in [0.1, 0.15) is 5.69 Å². The highest BCUT2D eigenvalue weighted by molar-refractivity contribution is 5.98. The summed E-state index contributed by atoms with van der Waals surface area (Å²) in [6, 6.07) is 3.56. The molecule has 1 aromatic rings. The van der Waals surface area contributed by atoms with E-state index in [0.29, 0.717) is 11.6 Å². The number of pyridine rings is 1. The topological polar surface area (TPSA) is 66.5 Å². The summed E-state index contributed by atoms with van der Waals surface area (Å²) in [6.45, 7) is 7.43. The van der Waals surface area contributed by atoms with Crippen LogP contribution in [0.5, 0.6) is 5.88 Å². The minimum absolute atomic E-state index is 0.0503. The molecule has 2 N–H and O–H groups in total. The van der Waals surface area contributed by atoms with Crippen LogP contribution in [0.15, 0.2) is 18.3 Å². The predicted octanol–water partition coefficient (Wildman–Crippen LogP) is 0.712. The predicted molar refractivity (Wildman–Crippen MR) is 77.9 cm³/mol. The molecule has 0 atom stereocenters. The zero-order chi connectivity index (χ0) is 14.6. The van der Waals surface area contributed by atoms with Crippen LogP contribution in [0.3, 0.4) is 0 Å². The van der Waals surface area contributed by atoms with Crippen LogP contribution in [-0.4, -0.2) is 54.6 Å². The number of ether oxygens (including phenoxy) is 1. The molecule has 0 aromatic carbocycles. The molecule has 1 saturated heterocycles. The Morgan fingerprint density at radius 1 is 1.45 bits per heavy atom. The van der Waals surface area contributed by atoms with Crippen molar-refractivity contribution in [2.75, 3.05) is 38.6 Å². The summed E-state index contributed by atoms with van der Waals surface area (Å²) in [4.78, 5) is 18.8. The Hall–Kier alpha value is -1.66. The molecule has 1 amide bonds. The van der Waals surface area contributed by atoms with Crippen molar-refractivity contribution in [1.29, 1.82) is 0 Å². The van der Waals surface area contributed by atoms with Gasteiger partial charge in [0.25, 0.3) is 0 Å². The highest BCUT2D eigenvalue weighted by Crippen LogP contribution is 2.23. The van der Waals surface area contributed by atoms with Crippen LogP contribution in [-0.2, 0) is 4.79 Å². The normalized spacial score (nSPS) is 16.8. The maximum Gasteiger partial charge on any atom is 0.244 e. The molecule has 1 fully saturated rings. The van der Waals surface area contributed by atoms with Gasteiger partial charge in [0.15, 0.2) is 0 Å². The summed E-state index contributed by atoms with van der Waals surface area (Å²) in [5.41, 5.74) is 0.0337. The van der Waals surface area contributed by atoms with Gasteiger partial charge in [-0.1, -0.05) is 0 Å². The highest BCUT2D eigenvalue weighted by Gasteiger charge is 2.35. The molecular weight excluding hydrogens is 256 g/mol.